The highest BCUT2D eigenvalue weighted by Gasteiger charge is 2.15. The van der Waals surface area contributed by atoms with Gasteiger partial charge in [0, 0.05) is 13.2 Å². The molecule has 0 aliphatic rings. The number of carbonyl (C=O) groups is 1. The van der Waals surface area contributed by atoms with E-state index in [0.29, 0.717) is 17.1 Å². The number of pyridine rings is 1. The fourth-order valence-electron chi connectivity index (χ4n) is 1.45. The van der Waals surface area contributed by atoms with Crippen molar-refractivity contribution in [2.75, 3.05) is 5.73 Å². The third-order valence-corrected chi connectivity index (χ3v) is 2.20. The molecule has 0 bridgehead atoms. The summed E-state index contributed by atoms with van der Waals surface area (Å²) in [6.07, 6.45) is 3.01. The van der Waals surface area contributed by atoms with E-state index in [1.54, 1.807) is 24.0 Å². The summed E-state index contributed by atoms with van der Waals surface area (Å²) in [5.41, 5.74) is 6.90. The number of nitrogen functional groups attached to an aromatic ring is 1. The standard InChI is InChI=1S/C10H10N4O2/c1-14-8(2-3-13-14)9-7(10(15)16)4-6(11)5-12-9/h2-5H,11H2,1H3,(H,15,16). The summed E-state index contributed by atoms with van der Waals surface area (Å²) in [4.78, 5) is 15.1. The number of rotatable bonds is 2. The van der Waals surface area contributed by atoms with Crippen LogP contribution in [0.1, 0.15) is 10.4 Å². The van der Waals surface area contributed by atoms with Gasteiger partial charge in [0.05, 0.1) is 23.1 Å². The molecule has 0 unspecified atom stereocenters. The highest BCUT2D eigenvalue weighted by molar-refractivity contribution is 5.95. The van der Waals surface area contributed by atoms with Gasteiger partial charge in [-0.2, -0.15) is 5.10 Å². The lowest BCUT2D eigenvalue weighted by Crippen LogP contribution is -2.05. The Morgan fingerprint density at radius 1 is 1.56 bits per heavy atom. The first-order valence-corrected chi connectivity index (χ1v) is 4.57. The largest absolute Gasteiger partial charge is 0.478 e. The van der Waals surface area contributed by atoms with E-state index in [1.165, 1.54) is 12.3 Å². The van der Waals surface area contributed by atoms with E-state index in [4.69, 9.17) is 10.8 Å². The Morgan fingerprint density at radius 3 is 2.88 bits per heavy atom. The average Bonchev–Trinajstić information content (AvgIpc) is 2.64. The second kappa shape index (κ2) is 3.65. The van der Waals surface area contributed by atoms with E-state index in [0.717, 1.165) is 0 Å². The van der Waals surface area contributed by atoms with Gasteiger partial charge in [0.1, 0.15) is 5.69 Å². The first kappa shape index (κ1) is 10.2. The van der Waals surface area contributed by atoms with Crippen molar-refractivity contribution in [1.29, 1.82) is 0 Å². The fourth-order valence-corrected chi connectivity index (χ4v) is 1.45. The summed E-state index contributed by atoms with van der Waals surface area (Å²) in [6.45, 7) is 0. The Hall–Kier alpha value is -2.37. The van der Waals surface area contributed by atoms with E-state index < -0.39 is 5.97 Å². The average molecular weight is 218 g/mol. The number of nitrogens with zero attached hydrogens (tertiary/aromatic N) is 3. The van der Waals surface area contributed by atoms with Gasteiger partial charge >= 0.3 is 5.97 Å². The van der Waals surface area contributed by atoms with Gasteiger partial charge in [0.2, 0.25) is 0 Å². The molecule has 0 saturated carbocycles. The van der Waals surface area contributed by atoms with Crippen molar-refractivity contribution >= 4 is 11.7 Å². The molecule has 2 aromatic rings. The quantitative estimate of drug-likeness (QED) is 0.776. The van der Waals surface area contributed by atoms with Crippen molar-refractivity contribution in [3.8, 4) is 11.4 Å². The van der Waals surface area contributed by atoms with E-state index in [2.05, 4.69) is 10.1 Å². The number of hydrogen-bond donors (Lipinski definition) is 2. The number of carboxylic acid groups (broad SMARTS) is 1. The highest BCUT2D eigenvalue weighted by atomic mass is 16.4. The Bertz CT molecular complexity index is 548. The summed E-state index contributed by atoms with van der Waals surface area (Å²) in [5, 5.41) is 13.0. The Morgan fingerprint density at radius 2 is 2.31 bits per heavy atom. The number of carboxylic acids is 1. The lowest BCUT2D eigenvalue weighted by atomic mass is 10.1. The van der Waals surface area contributed by atoms with Gasteiger partial charge < -0.3 is 10.8 Å². The maximum absolute atomic E-state index is 11.1. The van der Waals surface area contributed by atoms with Gasteiger partial charge in [-0.15, -0.1) is 0 Å². The van der Waals surface area contributed by atoms with Crippen molar-refractivity contribution in [3.63, 3.8) is 0 Å². The lowest BCUT2D eigenvalue weighted by molar-refractivity contribution is 0.0697. The number of aromatic carboxylic acids is 1. The Labute approximate surface area is 91.3 Å². The molecule has 0 fully saturated rings. The van der Waals surface area contributed by atoms with Crippen LogP contribution in [-0.4, -0.2) is 25.8 Å². The van der Waals surface area contributed by atoms with E-state index in [1.807, 2.05) is 0 Å². The smallest absolute Gasteiger partial charge is 0.338 e. The number of hydrogen-bond acceptors (Lipinski definition) is 4. The third kappa shape index (κ3) is 1.60. The summed E-state index contributed by atoms with van der Waals surface area (Å²) in [5.74, 6) is -1.06. The molecule has 0 radical (unpaired) electrons. The van der Waals surface area contributed by atoms with Crippen LogP contribution in [0, 0.1) is 0 Å². The molecule has 0 atom stereocenters. The predicted octanol–water partition coefficient (Wildman–Crippen LogP) is 0.762. The fraction of sp³-hybridized carbons (Fsp3) is 0.100. The minimum absolute atomic E-state index is 0.0728. The van der Waals surface area contributed by atoms with E-state index in [9.17, 15) is 4.79 Å². The normalized spacial score (nSPS) is 10.3. The van der Waals surface area contributed by atoms with Gasteiger partial charge in [0.25, 0.3) is 0 Å². The first-order valence-electron chi connectivity index (χ1n) is 4.57. The summed E-state index contributed by atoms with van der Waals surface area (Å²) in [7, 11) is 1.72. The molecule has 3 N–H and O–H groups in total. The molecule has 82 valence electrons. The summed E-state index contributed by atoms with van der Waals surface area (Å²) >= 11 is 0. The number of aromatic nitrogens is 3. The number of anilines is 1. The first-order chi connectivity index (χ1) is 7.59. The molecule has 2 aromatic heterocycles. The van der Waals surface area contributed by atoms with Crippen LogP contribution in [0.2, 0.25) is 0 Å². The van der Waals surface area contributed by atoms with Gasteiger partial charge in [0.15, 0.2) is 0 Å². The monoisotopic (exact) mass is 218 g/mol. The zero-order valence-electron chi connectivity index (χ0n) is 8.58. The van der Waals surface area contributed by atoms with Gasteiger partial charge in [-0.25, -0.2) is 4.79 Å². The summed E-state index contributed by atoms with van der Waals surface area (Å²) < 4.78 is 1.56. The zero-order valence-corrected chi connectivity index (χ0v) is 8.58. The molecule has 0 amide bonds. The van der Waals surface area contributed by atoms with Gasteiger partial charge in [-0.05, 0) is 12.1 Å². The SMILES string of the molecule is Cn1nccc1-c1ncc(N)cc1C(=O)O. The zero-order chi connectivity index (χ0) is 11.7. The molecule has 6 heteroatoms. The lowest BCUT2D eigenvalue weighted by Gasteiger charge is -2.06. The van der Waals surface area contributed by atoms with Crippen LogP contribution in [0.5, 0.6) is 0 Å². The summed E-state index contributed by atoms with van der Waals surface area (Å²) in [6, 6.07) is 3.09. The van der Waals surface area contributed by atoms with E-state index in [-0.39, 0.29) is 5.56 Å². The molecule has 0 aromatic carbocycles. The molecule has 16 heavy (non-hydrogen) atoms. The van der Waals surface area contributed by atoms with Crippen molar-refractivity contribution in [2.45, 2.75) is 0 Å². The third-order valence-electron chi connectivity index (χ3n) is 2.20. The minimum atomic E-state index is -1.06. The molecule has 2 rings (SSSR count). The second-order valence-corrected chi connectivity index (χ2v) is 3.31. The molecule has 0 spiro atoms. The van der Waals surface area contributed by atoms with Crippen LogP contribution in [0.3, 0.4) is 0 Å². The van der Waals surface area contributed by atoms with Crippen molar-refractivity contribution in [1.82, 2.24) is 14.8 Å². The highest BCUT2D eigenvalue weighted by Crippen LogP contribution is 2.22. The molecular formula is C10H10N4O2. The molecule has 2 heterocycles. The molecular weight excluding hydrogens is 208 g/mol. The predicted molar refractivity (Wildman–Crippen MR) is 57.8 cm³/mol. The van der Waals surface area contributed by atoms with Crippen LogP contribution in [0.15, 0.2) is 24.5 Å². The van der Waals surface area contributed by atoms with Gasteiger partial charge in [-0.1, -0.05) is 0 Å². The topological polar surface area (TPSA) is 94.0 Å². The van der Waals surface area contributed by atoms with Crippen LogP contribution < -0.4 is 5.73 Å². The maximum atomic E-state index is 11.1. The van der Waals surface area contributed by atoms with Crippen LogP contribution >= 0.6 is 0 Å². The molecule has 0 aliphatic heterocycles. The van der Waals surface area contributed by atoms with Crippen LogP contribution in [0.25, 0.3) is 11.4 Å². The van der Waals surface area contributed by atoms with Crippen molar-refractivity contribution < 1.29 is 9.90 Å². The van der Waals surface area contributed by atoms with Crippen LogP contribution in [-0.2, 0) is 7.05 Å². The Balaban J connectivity index is 2.65. The molecule has 0 saturated heterocycles. The Kier molecular flexibility index (Phi) is 2.32. The minimum Gasteiger partial charge on any atom is -0.478 e. The second-order valence-electron chi connectivity index (χ2n) is 3.31. The van der Waals surface area contributed by atoms with E-state index >= 15 is 0 Å². The maximum Gasteiger partial charge on any atom is 0.338 e. The van der Waals surface area contributed by atoms with Crippen molar-refractivity contribution in [3.05, 3.63) is 30.1 Å². The van der Waals surface area contributed by atoms with Gasteiger partial charge in [-0.3, -0.25) is 9.67 Å². The number of nitrogens with two attached hydrogens (primary N) is 1. The molecule has 0 aliphatic carbocycles. The van der Waals surface area contributed by atoms with Crippen molar-refractivity contribution in [2.24, 2.45) is 7.05 Å². The number of aryl methyl sites for hydroxylation is 1. The molecule has 6 nitrogen and oxygen atoms in total. The van der Waals surface area contributed by atoms with Crippen LogP contribution in [0.4, 0.5) is 5.69 Å².